The van der Waals surface area contributed by atoms with Gasteiger partial charge in [-0.15, -0.1) is 0 Å². The maximum atomic E-state index is 14.2. The van der Waals surface area contributed by atoms with Crippen molar-refractivity contribution in [3.05, 3.63) is 92.4 Å². The molecule has 226 valence electrons. The summed E-state index contributed by atoms with van der Waals surface area (Å²) in [5, 5.41) is 3.97. The van der Waals surface area contributed by atoms with Gasteiger partial charge in [-0.25, -0.2) is 8.42 Å². The van der Waals surface area contributed by atoms with E-state index >= 15 is 0 Å². The van der Waals surface area contributed by atoms with E-state index in [0.29, 0.717) is 39.0 Å². The van der Waals surface area contributed by atoms with Crippen LogP contribution in [0.1, 0.15) is 50.3 Å². The van der Waals surface area contributed by atoms with Gasteiger partial charge in [0.05, 0.1) is 20.6 Å². The van der Waals surface area contributed by atoms with Crippen molar-refractivity contribution in [2.24, 2.45) is 0 Å². The molecule has 0 bridgehead atoms. The Kier molecular flexibility index (Phi) is 11.7. The minimum absolute atomic E-state index is 0.00903. The molecule has 3 aromatic rings. The Morgan fingerprint density at radius 1 is 0.881 bits per heavy atom. The Balaban J connectivity index is 2.12. The summed E-state index contributed by atoms with van der Waals surface area (Å²) in [7, 11) is -4.21. The fourth-order valence-corrected chi connectivity index (χ4v) is 6.37. The smallest absolute Gasteiger partial charge is 0.264 e. The Morgan fingerprint density at radius 2 is 1.55 bits per heavy atom. The first kappa shape index (κ1) is 33.7. The molecule has 0 radical (unpaired) electrons. The number of amides is 2. The van der Waals surface area contributed by atoms with Gasteiger partial charge >= 0.3 is 0 Å². The molecule has 1 N–H and O–H groups in total. The second-order valence-corrected chi connectivity index (χ2v) is 13.3. The molecule has 0 aromatic heterocycles. The number of carbonyl (C=O) groups is 2. The zero-order valence-electron chi connectivity index (χ0n) is 24.3. The van der Waals surface area contributed by atoms with E-state index in [2.05, 4.69) is 5.32 Å². The molecular formula is C31H36Cl3N3O4S. The van der Waals surface area contributed by atoms with E-state index in [1.54, 1.807) is 62.4 Å². The first-order valence-corrected chi connectivity index (χ1v) is 16.3. The summed E-state index contributed by atoms with van der Waals surface area (Å²) >= 11 is 18.8. The summed E-state index contributed by atoms with van der Waals surface area (Å²) in [5.41, 5.74) is 2.30. The minimum Gasteiger partial charge on any atom is -0.352 e. The van der Waals surface area contributed by atoms with E-state index < -0.39 is 28.5 Å². The van der Waals surface area contributed by atoms with Crippen molar-refractivity contribution in [3.63, 3.8) is 0 Å². The van der Waals surface area contributed by atoms with Gasteiger partial charge < -0.3 is 10.2 Å². The lowest BCUT2D eigenvalue weighted by atomic mass is 10.1. The Labute approximate surface area is 263 Å². The molecule has 0 fully saturated rings. The van der Waals surface area contributed by atoms with Crippen LogP contribution in [0.5, 0.6) is 0 Å². The van der Waals surface area contributed by atoms with Crippen LogP contribution in [0.15, 0.2) is 65.6 Å². The van der Waals surface area contributed by atoms with Crippen LogP contribution in [0, 0.1) is 13.8 Å². The topological polar surface area (TPSA) is 86.8 Å². The first-order chi connectivity index (χ1) is 19.8. The molecule has 0 aliphatic rings. The van der Waals surface area contributed by atoms with Gasteiger partial charge in [0, 0.05) is 17.6 Å². The largest absolute Gasteiger partial charge is 0.352 e. The van der Waals surface area contributed by atoms with Gasteiger partial charge in [0.15, 0.2) is 0 Å². The molecule has 11 heteroatoms. The number of halogens is 3. The lowest BCUT2D eigenvalue weighted by Gasteiger charge is -2.34. The summed E-state index contributed by atoms with van der Waals surface area (Å²) < 4.78 is 29.2. The molecular weight excluding hydrogens is 617 g/mol. The van der Waals surface area contributed by atoms with Crippen LogP contribution in [0.25, 0.3) is 0 Å². The molecule has 0 saturated carbocycles. The number of aryl methyl sites for hydroxylation is 1. The predicted octanol–water partition coefficient (Wildman–Crippen LogP) is 7.18. The molecule has 0 unspecified atom stereocenters. The highest BCUT2D eigenvalue weighted by molar-refractivity contribution is 7.92. The van der Waals surface area contributed by atoms with Crippen LogP contribution in [0.4, 0.5) is 5.69 Å². The fourth-order valence-electron chi connectivity index (χ4n) is 4.41. The fraction of sp³-hybridized carbons (Fsp3) is 0.355. The van der Waals surface area contributed by atoms with Crippen molar-refractivity contribution in [2.45, 2.75) is 71.0 Å². The first-order valence-electron chi connectivity index (χ1n) is 13.7. The second kappa shape index (κ2) is 14.6. The predicted molar refractivity (Wildman–Crippen MR) is 171 cm³/mol. The summed E-state index contributed by atoms with van der Waals surface area (Å²) in [6.07, 6.45) is 1.01. The van der Waals surface area contributed by atoms with Gasteiger partial charge in [0.2, 0.25) is 11.8 Å². The molecule has 0 spiro atoms. The number of hydrogen-bond acceptors (Lipinski definition) is 4. The Bertz CT molecular complexity index is 1530. The monoisotopic (exact) mass is 651 g/mol. The molecule has 0 aliphatic carbocycles. The van der Waals surface area contributed by atoms with Crippen molar-refractivity contribution in [1.29, 1.82) is 0 Å². The van der Waals surface area contributed by atoms with Crippen molar-refractivity contribution < 1.29 is 18.0 Å². The van der Waals surface area contributed by atoms with Crippen LogP contribution in [0.3, 0.4) is 0 Å². The van der Waals surface area contributed by atoms with Gasteiger partial charge in [0.25, 0.3) is 10.0 Å². The minimum atomic E-state index is -4.21. The normalized spacial score (nSPS) is 12.9. The van der Waals surface area contributed by atoms with E-state index in [1.807, 2.05) is 20.8 Å². The third-order valence-electron chi connectivity index (χ3n) is 7.12. The second-order valence-electron chi connectivity index (χ2n) is 10.2. The summed E-state index contributed by atoms with van der Waals surface area (Å²) in [6, 6.07) is 15.3. The standard InChI is InChI=1S/C31H36Cl3N3O4S/c1-6-21(4)35-31(39)28(7-2)36(18-23-13-16-26(33)27(34)17-23)30(38)19-37(29-10-8-9-25(32)22(29)5)42(40,41)24-14-11-20(3)12-15-24/h8-17,21,28H,6-7,18-19H2,1-5H3,(H,35,39)/t21-,28+/m1/s1. The number of hydrogen-bond donors (Lipinski definition) is 1. The molecule has 0 heterocycles. The number of nitrogens with zero attached hydrogens (tertiary/aromatic N) is 2. The van der Waals surface area contributed by atoms with Gasteiger partial charge in [-0.2, -0.15) is 0 Å². The molecule has 0 saturated heterocycles. The number of rotatable bonds is 12. The van der Waals surface area contributed by atoms with Crippen LogP contribution in [-0.2, 0) is 26.2 Å². The van der Waals surface area contributed by atoms with Gasteiger partial charge in [0.1, 0.15) is 12.6 Å². The van der Waals surface area contributed by atoms with Crippen molar-refractivity contribution in [1.82, 2.24) is 10.2 Å². The molecule has 0 aliphatic heterocycles. The highest BCUT2D eigenvalue weighted by Crippen LogP contribution is 2.32. The molecule has 2 amide bonds. The summed E-state index contributed by atoms with van der Waals surface area (Å²) in [5.74, 6) is -0.894. The Morgan fingerprint density at radius 3 is 2.14 bits per heavy atom. The lowest BCUT2D eigenvalue weighted by molar-refractivity contribution is -0.140. The molecule has 42 heavy (non-hydrogen) atoms. The maximum absolute atomic E-state index is 14.2. The average Bonchev–Trinajstić information content (AvgIpc) is 2.95. The Hall–Kier alpha value is -2.78. The van der Waals surface area contributed by atoms with Gasteiger partial charge in [-0.3, -0.25) is 13.9 Å². The van der Waals surface area contributed by atoms with E-state index in [1.165, 1.54) is 17.0 Å². The molecule has 7 nitrogen and oxygen atoms in total. The van der Waals surface area contributed by atoms with E-state index in [0.717, 1.165) is 9.87 Å². The average molecular weight is 653 g/mol. The van der Waals surface area contributed by atoms with E-state index in [4.69, 9.17) is 34.8 Å². The summed E-state index contributed by atoms with van der Waals surface area (Å²) in [6.45, 7) is 8.63. The highest BCUT2D eigenvalue weighted by Gasteiger charge is 2.34. The van der Waals surface area contributed by atoms with Crippen molar-refractivity contribution in [3.8, 4) is 0 Å². The van der Waals surface area contributed by atoms with Crippen LogP contribution in [0.2, 0.25) is 15.1 Å². The van der Waals surface area contributed by atoms with Crippen LogP contribution in [-0.4, -0.2) is 43.8 Å². The zero-order valence-corrected chi connectivity index (χ0v) is 27.4. The number of carbonyl (C=O) groups excluding carboxylic acids is 2. The van der Waals surface area contributed by atoms with Crippen molar-refractivity contribution in [2.75, 3.05) is 10.8 Å². The zero-order chi connectivity index (χ0) is 31.2. The lowest BCUT2D eigenvalue weighted by Crippen LogP contribution is -2.53. The quantitative estimate of drug-likeness (QED) is 0.225. The van der Waals surface area contributed by atoms with Crippen molar-refractivity contribution >= 4 is 62.3 Å². The number of anilines is 1. The van der Waals surface area contributed by atoms with Crippen LogP contribution >= 0.6 is 34.8 Å². The highest BCUT2D eigenvalue weighted by atomic mass is 35.5. The molecule has 2 atom stereocenters. The maximum Gasteiger partial charge on any atom is 0.264 e. The molecule has 3 aromatic carbocycles. The SMILES string of the molecule is CC[C@@H](C)NC(=O)[C@H](CC)N(Cc1ccc(Cl)c(Cl)c1)C(=O)CN(c1cccc(Cl)c1C)S(=O)(=O)c1ccc(C)cc1. The van der Waals surface area contributed by atoms with Gasteiger partial charge in [-0.05, 0) is 81.1 Å². The third-order valence-corrected chi connectivity index (χ3v) is 10.0. The van der Waals surface area contributed by atoms with E-state index in [-0.39, 0.29) is 29.1 Å². The number of benzene rings is 3. The number of sulfonamides is 1. The van der Waals surface area contributed by atoms with Crippen LogP contribution < -0.4 is 9.62 Å². The summed E-state index contributed by atoms with van der Waals surface area (Å²) in [4.78, 5) is 29.0. The third kappa shape index (κ3) is 7.98. The molecule has 3 rings (SSSR count). The van der Waals surface area contributed by atoms with Gasteiger partial charge in [-0.1, -0.05) is 78.5 Å². The van der Waals surface area contributed by atoms with E-state index in [9.17, 15) is 18.0 Å². The number of nitrogens with one attached hydrogen (secondary N) is 1.